The summed E-state index contributed by atoms with van der Waals surface area (Å²) < 4.78 is 0. The van der Waals surface area contributed by atoms with Crippen molar-refractivity contribution >= 4 is 34.8 Å². The molecule has 1 fully saturated rings. The number of amides is 1. The second-order valence-electron chi connectivity index (χ2n) is 5.33. The van der Waals surface area contributed by atoms with Crippen LogP contribution in [0.2, 0.25) is 0 Å². The van der Waals surface area contributed by atoms with Gasteiger partial charge in [0.25, 0.3) is 0 Å². The summed E-state index contributed by atoms with van der Waals surface area (Å²) in [6, 6.07) is 0. The predicted octanol–water partition coefficient (Wildman–Crippen LogP) is 1.98. The highest BCUT2D eigenvalue weighted by Crippen LogP contribution is 2.23. The van der Waals surface area contributed by atoms with Gasteiger partial charge < -0.3 is 5.32 Å². The molecule has 5 nitrogen and oxygen atoms in total. The number of aromatic nitrogens is 1. The average Bonchev–Trinajstić information content (AvgIpc) is 3.01. The fraction of sp³-hybridized carbons (Fsp3) is 0.714. The zero-order chi connectivity index (χ0) is 14.5. The Bertz CT molecular complexity index is 454. The van der Waals surface area contributed by atoms with Crippen molar-refractivity contribution in [2.75, 3.05) is 38.1 Å². The Morgan fingerprint density at radius 1 is 1.62 bits per heavy atom. The van der Waals surface area contributed by atoms with Crippen molar-refractivity contribution in [3.8, 4) is 0 Å². The molecule has 0 radical (unpaired) electrons. The Balaban J connectivity index is 0.00000220. The molecule has 0 saturated carbocycles. The second kappa shape index (κ2) is 8.68. The molecular weight excluding hydrogens is 308 g/mol. The third-order valence-electron chi connectivity index (χ3n) is 3.72. The number of carbonyl (C=O) groups excluding carboxylic acids is 1. The van der Waals surface area contributed by atoms with Crippen molar-refractivity contribution < 1.29 is 4.79 Å². The molecule has 2 rings (SSSR count). The number of hydrogen-bond donors (Lipinski definition) is 1. The number of rotatable bonds is 6. The average molecular weight is 333 g/mol. The molecule has 2 heterocycles. The monoisotopic (exact) mass is 332 g/mol. The van der Waals surface area contributed by atoms with Crippen molar-refractivity contribution in [3.05, 3.63) is 11.1 Å². The van der Waals surface area contributed by atoms with Crippen molar-refractivity contribution in [1.29, 1.82) is 0 Å². The Morgan fingerprint density at radius 3 is 3.00 bits per heavy atom. The van der Waals surface area contributed by atoms with Crippen LogP contribution in [0, 0.1) is 5.92 Å². The molecule has 1 aromatic rings. The van der Waals surface area contributed by atoms with Crippen LogP contribution in [0.1, 0.15) is 26.0 Å². The van der Waals surface area contributed by atoms with E-state index in [1.807, 2.05) is 14.0 Å². The molecule has 0 aliphatic carbocycles. The highest BCUT2D eigenvalue weighted by molar-refractivity contribution is 7.14. The molecule has 0 bridgehead atoms. The Morgan fingerprint density at radius 2 is 2.38 bits per heavy atom. The van der Waals surface area contributed by atoms with Gasteiger partial charge in [0.1, 0.15) is 0 Å². The number of halogens is 1. The van der Waals surface area contributed by atoms with Gasteiger partial charge in [-0.2, -0.15) is 0 Å². The first-order chi connectivity index (χ1) is 9.63. The van der Waals surface area contributed by atoms with E-state index in [4.69, 9.17) is 0 Å². The first-order valence-electron chi connectivity index (χ1n) is 7.23. The normalized spacial score (nSPS) is 18.5. The Labute approximate surface area is 137 Å². The molecule has 120 valence electrons. The van der Waals surface area contributed by atoms with E-state index in [1.54, 1.807) is 23.2 Å². The zero-order valence-electron chi connectivity index (χ0n) is 13.0. The SMILES string of the molecule is CCN(C(C)=O)c1nc(CN2CCC(CNC)C2)cs1.Cl. The fourth-order valence-corrected chi connectivity index (χ4v) is 3.65. The van der Waals surface area contributed by atoms with Gasteiger partial charge in [-0.15, -0.1) is 23.7 Å². The van der Waals surface area contributed by atoms with Crippen molar-refractivity contribution in [2.45, 2.75) is 26.8 Å². The maximum atomic E-state index is 11.5. The van der Waals surface area contributed by atoms with Gasteiger partial charge in [0, 0.05) is 31.9 Å². The van der Waals surface area contributed by atoms with E-state index in [1.165, 1.54) is 6.42 Å². The van der Waals surface area contributed by atoms with E-state index in [0.29, 0.717) is 6.54 Å². The quantitative estimate of drug-likeness (QED) is 0.865. The number of nitrogens with zero attached hydrogens (tertiary/aromatic N) is 3. The van der Waals surface area contributed by atoms with Gasteiger partial charge in [-0.05, 0) is 39.4 Å². The van der Waals surface area contributed by atoms with Gasteiger partial charge >= 0.3 is 0 Å². The largest absolute Gasteiger partial charge is 0.319 e. The lowest BCUT2D eigenvalue weighted by atomic mass is 10.1. The van der Waals surface area contributed by atoms with Gasteiger partial charge in [-0.3, -0.25) is 14.6 Å². The summed E-state index contributed by atoms with van der Waals surface area (Å²) in [5.74, 6) is 0.811. The van der Waals surface area contributed by atoms with Gasteiger partial charge in [0.05, 0.1) is 5.69 Å². The van der Waals surface area contributed by atoms with Gasteiger partial charge in [0.2, 0.25) is 5.91 Å². The molecule has 1 atom stereocenters. The molecule has 7 heteroatoms. The Hall–Kier alpha value is -0.690. The van der Waals surface area contributed by atoms with E-state index in [0.717, 1.165) is 42.9 Å². The highest BCUT2D eigenvalue weighted by atomic mass is 35.5. The minimum Gasteiger partial charge on any atom is -0.319 e. The van der Waals surface area contributed by atoms with Crippen LogP contribution in [-0.4, -0.2) is 49.0 Å². The molecular formula is C14H25ClN4OS. The molecule has 1 saturated heterocycles. The number of nitrogens with one attached hydrogen (secondary N) is 1. The topological polar surface area (TPSA) is 48.5 Å². The molecule has 1 unspecified atom stereocenters. The van der Waals surface area contributed by atoms with E-state index < -0.39 is 0 Å². The lowest BCUT2D eigenvalue weighted by Gasteiger charge is -2.16. The van der Waals surface area contributed by atoms with Crippen molar-refractivity contribution in [2.24, 2.45) is 5.92 Å². The molecule has 1 N–H and O–H groups in total. The first-order valence-corrected chi connectivity index (χ1v) is 8.11. The predicted molar refractivity (Wildman–Crippen MR) is 90.4 cm³/mol. The van der Waals surface area contributed by atoms with Crippen LogP contribution in [0.15, 0.2) is 5.38 Å². The molecule has 0 aromatic carbocycles. The first kappa shape index (κ1) is 18.4. The minimum atomic E-state index is 0. The standard InChI is InChI=1S/C14H24N4OS.ClH/c1-4-18(11(2)19)14-16-13(10-20-14)9-17-6-5-12(8-17)7-15-3;/h10,12,15H,4-9H2,1-3H3;1H. The fourth-order valence-electron chi connectivity index (χ4n) is 2.73. The van der Waals surface area contributed by atoms with E-state index in [-0.39, 0.29) is 18.3 Å². The molecule has 0 spiro atoms. The summed E-state index contributed by atoms with van der Waals surface area (Å²) >= 11 is 1.56. The number of hydrogen-bond acceptors (Lipinski definition) is 5. The summed E-state index contributed by atoms with van der Waals surface area (Å²) in [6.07, 6.45) is 1.26. The smallest absolute Gasteiger partial charge is 0.225 e. The zero-order valence-corrected chi connectivity index (χ0v) is 14.6. The van der Waals surface area contributed by atoms with Crippen molar-refractivity contribution in [3.63, 3.8) is 0 Å². The molecule has 1 aliphatic heterocycles. The highest BCUT2D eigenvalue weighted by Gasteiger charge is 2.23. The van der Waals surface area contributed by atoms with Gasteiger partial charge in [0.15, 0.2) is 5.13 Å². The second-order valence-corrected chi connectivity index (χ2v) is 6.17. The summed E-state index contributed by atoms with van der Waals surface area (Å²) in [5.41, 5.74) is 1.08. The minimum absolute atomic E-state index is 0. The van der Waals surface area contributed by atoms with Crippen LogP contribution in [0.5, 0.6) is 0 Å². The Kier molecular flexibility index (Phi) is 7.59. The third kappa shape index (κ3) is 4.92. The van der Waals surface area contributed by atoms with Gasteiger partial charge in [-0.1, -0.05) is 0 Å². The van der Waals surface area contributed by atoms with Crippen LogP contribution >= 0.6 is 23.7 Å². The summed E-state index contributed by atoms with van der Waals surface area (Å²) in [4.78, 5) is 20.3. The lowest BCUT2D eigenvalue weighted by Crippen LogP contribution is -2.28. The number of carbonyl (C=O) groups is 1. The van der Waals surface area contributed by atoms with E-state index in [9.17, 15) is 4.79 Å². The van der Waals surface area contributed by atoms with Crippen LogP contribution in [0.4, 0.5) is 5.13 Å². The summed E-state index contributed by atoms with van der Waals surface area (Å²) in [5, 5.41) is 6.14. The van der Waals surface area contributed by atoms with Crippen LogP contribution < -0.4 is 10.2 Å². The molecule has 1 amide bonds. The van der Waals surface area contributed by atoms with E-state index in [2.05, 4.69) is 20.6 Å². The number of anilines is 1. The maximum absolute atomic E-state index is 11.5. The lowest BCUT2D eigenvalue weighted by molar-refractivity contribution is -0.116. The van der Waals surface area contributed by atoms with Crippen LogP contribution in [-0.2, 0) is 11.3 Å². The maximum Gasteiger partial charge on any atom is 0.225 e. The number of likely N-dealkylation sites (tertiary alicyclic amines) is 1. The van der Waals surface area contributed by atoms with Crippen molar-refractivity contribution in [1.82, 2.24) is 15.2 Å². The van der Waals surface area contributed by atoms with E-state index >= 15 is 0 Å². The van der Waals surface area contributed by atoms with Gasteiger partial charge in [-0.25, -0.2) is 4.98 Å². The molecule has 1 aromatic heterocycles. The third-order valence-corrected chi connectivity index (χ3v) is 4.63. The molecule has 21 heavy (non-hydrogen) atoms. The van der Waals surface area contributed by atoms with Crippen LogP contribution in [0.25, 0.3) is 0 Å². The summed E-state index contributed by atoms with van der Waals surface area (Å²) in [7, 11) is 2.01. The summed E-state index contributed by atoms with van der Waals surface area (Å²) in [6.45, 7) is 8.51. The van der Waals surface area contributed by atoms with Crippen LogP contribution in [0.3, 0.4) is 0 Å². The molecule has 1 aliphatic rings. The number of thiazole rings is 1.